The van der Waals surface area contributed by atoms with E-state index in [0.717, 1.165) is 11.3 Å². The molecule has 1 heterocycles. The number of thiophene rings is 1. The summed E-state index contributed by atoms with van der Waals surface area (Å²) in [6.45, 7) is -0.864. The van der Waals surface area contributed by atoms with Crippen molar-refractivity contribution in [1.82, 2.24) is 0 Å². The van der Waals surface area contributed by atoms with Gasteiger partial charge in [0.2, 0.25) is 34.9 Å². The summed E-state index contributed by atoms with van der Waals surface area (Å²) in [5.74, 6) is -12.9. The predicted molar refractivity (Wildman–Crippen MR) is 68.1 cm³/mol. The Kier molecular flexibility index (Phi) is 4.62. The Hall–Kier alpha value is -1.48. The fourth-order valence-electron chi connectivity index (χ4n) is 1.41. The number of halogens is 6. The van der Waals surface area contributed by atoms with Gasteiger partial charge in [0.05, 0.1) is 4.88 Å². The van der Waals surface area contributed by atoms with Gasteiger partial charge in [-0.3, -0.25) is 4.79 Å². The highest BCUT2D eigenvalue weighted by molar-refractivity contribution is 9.10. The number of ether oxygens (including phenoxy) is 1. The van der Waals surface area contributed by atoms with E-state index in [1.807, 2.05) is 0 Å². The molecule has 0 unspecified atom stereocenters. The minimum atomic E-state index is -2.29. The van der Waals surface area contributed by atoms with E-state index in [9.17, 15) is 26.7 Å². The summed E-state index contributed by atoms with van der Waals surface area (Å²) in [7, 11) is 0. The van der Waals surface area contributed by atoms with Gasteiger partial charge in [0.15, 0.2) is 12.4 Å². The number of ketones is 1. The lowest BCUT2D eigenvalue weighted by Crippen LogP contribution is -2.14. The van der Waals surface area contributed by atoms with Crippen molar-refractivity contribution in [2.75, 3.05) is 6.61 Å². The van der Waals surface area contributed by atoms with Crippen molar-refractivity contribution in [3.63, 3.8) is 0 Å². The van der Waals surface area contributed by atoms with Gasteiger partial charge in [0, 0.05) is 4.47 Å². The normalized spacial score (nSPS) is 10.8. The average molecular weight is 387 g/mol. The summed E-state index contributed by atoms with van der Waals surface area (Å²) in [6.07, 6.45) is 0. The Morgan fingerprint density at radius 3 is 2.05 bits per heavy atom. The molecule has 0 atom stereocenters. The van der Waals surface area contributed by atoms with Gasteiger partial charge < -0.3 is 4.74 Å². The molecule has 1 aromatic heterocycles. The third-order valence-corrected chi connectivity index (χ3v) is 4.27. The lowest BCUT2D eigenvalue weighted by Gasteiger charge is -2.09. The van der Waals surface area contributed by atoms with Gasteiger partial charge in [0.1, 0.15) is 0 Å². The van der Waals surface area contributed by atoms with E-state index in [1.165, 1.54) is 0 Å². The fraction of sp³-hybridized carbons (Fsp3) is 0.0833. The van der Waals surface area contributed by atoms with E-state index in [2.05, 4.69) is 20.7 Å². The fourth-order valence-corrected chi connectivity index (χ4v) is 2.93. The Bertz CT molecular complexity index is 687. The van der Waals surface area contributed by atoms with Crippen molar-refractivity contribution in [2.45, 2.75) is 0 Å². The standard InChI is InChI=1S/C12H4BrF5O2S/c13-4-1-2-21-12(4)5(19)3-20-11-9(17)7(15)6(14)8(16)10(11)18/h1-2H,3H2. The van der Waals surface area contributed by atoms with E-state index in [4.69, 9.17) is 0 Å². The third-order valence-electron chi connectivity index (χ3n) is 2.39. The van der Waals surface area contributed by atoms with Crippen LogP contribution in [0, 0.1) is 29.1 Å². The molecule has 2 nitrogen and oxygen atoms in total. The second-order valence-electron chi connectivity index (χ2n) is 3.71. The van der Waals surface area contributed by atoms with Gasteiger partial charge in [-0.2, -0.15) is 8.78 Å². The minimum Gasteiger partial charge on any atom is -0.479 e. The van der Waals surface area contributed by atoms with Crippen LogP contribution >= 0.6 is 27.3 Å². The first-order chi connectivity index (χ1) is 9.84. The van der Waals surface area contributed by atoms with E-state index < -0.39 is 47.2 Å². The largest absolute Gasteiger partial charge is 0.479 e. The number of Topliss-reactive ketones (excluding diaryl/α,β-unsaturated/α-hetero) is 1. The molecule has 112 valence electrons. The lowest BCUT2D eigenvalue weighted by atomic mass is 10.2. The zero-order valence-electron chi connectivity index (χ0n) is 9.85. The van der Waals surface area contributed by atoms with E-state index in [1.54, 1.807) is 11.4 Å². The first kappa shape index (κ1) is 15.9. The van der Waals surface area contributed by atoms with Crippen LogP contribution in [0.5, 0.6) is 5.75 Å². The minimum absolute atomic E-state index is 0.207. The van der Waals surface area contributed by atoms with Gasteiger partial charge in [-0.15, -0.1) is 11.3 Å². The Morgan fingerprint density at radius 2 is 1.57 bits per heavy atom. The number of carbonyl (C=O) groups is 1. The van der Waals surface area contributed by atoms with Crippen molar-refractivity contribution >= 4 is 33.0 Å². The third kappa shape index (κ3) is 2.93. The Labute approximate surface area is 127 Å². The molecule has 0 spiro atoms. The van der Waals surface area contributed by atoms with Crippen molar-refractivity contribution in [3.8, 4) is 5.75 Å². The highest BCUT2D eigenvalue weighted by atomic mass is 79.9. The maximum atomic E-state index is 13.3. The Balaban J connectivity index is 2.25. The predicted octanol–water partition coefficient (Wildman–Crippen LogP) is 4.47. The lowest BCUT2D eigenvalue weighted by molar-refractivity contribution is 0.0916. The van der Waals surface area contributed by atoms with Gasteiger partial charge in [-0.05, 0) is 27.4 Å². The van der Waals surface area contributed by atoms with Crippen molar-refractivity contribution in [3.05, 3.63) is 49.9 Å². The molecule has 0 N–H and O–H groups in total. The molecule has 0 saturated carbocycles. The molecule has 0 amide bonds. The molecule has 2 aromatic rings. The zero-order valence-corrected chi connectivity index (χ0v) is 12.3. The molecule has 0 aliphatic heterocycles. The first-order valence-electron chi connectivity index (χ1n) is 5.25. The second-order valence-corrected chi connectivity index (χ2v) is 5.48. The van der Waals surface area contributed by atoms with E-state index in [0.29, 0.717) is 4.47 Å². The van der Waals surface area contributed by atoms with Crippen LogP contribution in [0.2, 0.25) is 0 Å². The van der Waals surface area contributed by atoms with Crippen LogP contribution in [-0.4, -0.2) is 12.4 Å². The molecule has 0 saturated heterocycles. The summed E-state index contributed by atoms with van der Waals surface area (Å²) in [5, 5.41) is 1.58. The molecule has 0 aliphatic rings. The van der Waals surface area contributed by atoms with Crippen LogP contribution in [-0.2, 0) is 0 Å². The SMILES string of the molecule is O=C(COc1c(F)c(F)c(F)c(F)c1F)c1sccc1Br. The summed E-state index contributed by atoms with van der Waals surface area (Å²) < 4.78 is 70.2. The highest BCUT2D eigenvalue weighted by Crippen LogP contribution is 2.29. The van der Waals surface area contributed by atoms with Gasteiger partial charge in [0.25, 0.3) is 0 Å². The van der Waals surface area contributed by atoms with Crippen LogP contribution in [0.25, 0.3) is 0 Å². The average Bonchev–Trinajstić information content (AvgIpc) is 2.89. The summed E-state index contributed by atoms with van der Waals surface area (Å²) >= 11 is 4.11. The van der Waals surface area contributed by atoms with Crippen molar-refractivity contribution < 1.29 is 31.5 Å². The molecule has 2 rings (SSSR count). The van der Waals surface area contributed by atoms with Crippen LogP contribution in [0.15, 0.2) is 15.9 Å². The van der Waals surface area contributed by atoms with Gasteiger partial charge in [-0.1, -0.05) is 0 Å². The summed E-state index contributed by atoms with van der Waals surface area (Å²) in [5.41, 5.74) is 0. The maximum Gasteiger partial charge on any atom is 0.211 e. The molecule has 9 heteroatoms. The Morgan fingerprint density at radius 1 is 1.05 bits per heavy atom. The molecular weight excluding hydrogens is 383 g/mol. The van der Waals surface area contributed by atoms with Gasteiger partial charge >= 0.3 is 0 Å². The quantitative estimate of drug-likeness (QED) is 0.335. The van der Waals surface area contributed by atoms with Crippen molar-refractivity contribution in [2.24, 2.45) is 0 Å². The van der Waals surface area contributed by atoms with E-state index in [-0.39, 0.29) is 4.88 Å². The molecule has 0 fully saturated rings. The monoisotopic (exact) mass is 386 g/mol. The topological polar surface area (TPSA) is 26.3 Å². The number of benzene rings is 1. The number of rotatable bonds is 4. The molecule has 0 bridgehead atoms. The summed E-state index contributed by atoms with van der Waals surface area (Å²) in [4.78, 5) is 11.9. The smallest absolute Gasteiger partial charge is 0.211 e. The highest BCUT2D eigenvalue weighted by Gasteiger charge is 2.27. The molecule has 0 radical (unpaired) electrons. The van der Waals surface area contributed by atoms with Crippen LogP contribution in [0.1, 0.15) is 9.67 Å². The van der Waals surface area contributed by atoms with Crippen LogP contribution < -0.4 is 4.74 Å². The van der Waals surface area contributed by atoms with Crippen LogP contribution in [0.4, 0.5) is 22.0 Å². The van der Waals surface area contributed by atoms with Crippen molar-refractivity contribution in [1.29, 1.82) is 0 Å². The summed E-state index contributed by atoms with van der Waals surface area (Å²) in [6, 6.07) is 1.57. The number of hydrogen-bond donors (Lipinski definition) is 0. The second kappa shape index (κ2) is 6.10. The number of hydrogen-bond acceptors (Lipinski definition) is 3. The molecular formula is C12H4BrF5O2S. The van der Waals surface area contributed by atoms with E-state index >= 15 is 0 Å². The molecule has 1 aromatic carbocycles. The maximum absolute atomic E-state index is 13.3. The number of carbonyl (C=O) groups excluding carboxylic acids is 1. The van der Waals surface area contributed by atoms with Crippen LogP contribution in [0.3, 0.4) is 0 Å². The molecule has 21 heavy (non-hydrogen) atoms. The van der Waals surface area contributed by atoms with Gasteiger partial charge in [-0.25, -0.2) is 13.2 Å². The molecule has 0 aliphatic carbocycles. The zero-order chi connectivity index (χ0) is 15.7. The first-order valence-corrected chi connectivity index (χ1v) is 6.92.